The summed E-state index contributed by atoms with van der Waals surface area (Å²) in [6.07, 6.45) is 1.52. The minimum Gasteiger partial charge on any atom is -0.478 e. The number of carbonyl (C=O) groups excluding carboxylic acids is 3. The van der Waals surface area contributed by atoms with Crippen LogP contribution in [0.5, 0.6) is 0 Å². The van der Waals surface area contributed by atoms with E-state index in [9.17, 15) is 24.3 Å². The Hall–Kier alpha value is -6.02. The molecule has 276 valence electrons. The van der Waals surface area contributed by atoms with Gasteiger partial charge in [-0.05, 0) is 109 Å². The number of fused-ring (bicyclic) bond motifs is 4. The highest BCUT2D eigenvalue weighted by molar-refractivity contribution is 6.31. The molecule has 7 nitrogen and oxygen atoms in total. The van der Waals surface area contributed by atoms with Crippen LogP contribution in [0, 0.1) is 0 Å². The smallest absolute Gasteiger partial charge is 0.335 e. The number of ketones is 1. The second-order valence-electron chi connectivity index (χ2n) is 14.8. The third-order valence-corrected chi connectivity index (χ3v) is 12.3. The van der Waals surface area contributed by atoms with Crippen LogP contribution in [0.2, 0.25) is 10.0 Å². The Labute approximate surface area is 333 Å². The molecule has 2 saturated carbocycles. The molecule has 56 heavy (non-hydrogen) atoms. The molecule has 2 aliphatic heterocycles. The van der Waals surface area contributed by atoms with Crippen LogP contribution in [0.25, 0.3) is 0 Å². The number of hydrogen-bond donors (Lipinski definition) is 1. The number of amides is 2. The maximum absolute atomic E-state index is 13.7. The second-order valence-corrected chi connectivity index (χ2v) is 15.7. The Morgan fingerprint density at radius 1 is 0.571 bits per heavy atom. The van der Waals surface area contributed by atoms with Gasteiger partial charge in [0.2, 0.25) is 11.8 Å². The number of carboxylic acids is 1. The van der Waals surface area contributed by atoms with Crippen molar-refractivity contribution < 1.29 is 24.3 Å². The number of benzene rings is 6. The molecular weight excluding hydrogens is 743 g/mol. The summed E-state index contributed by atoms with van der Waals surface area (Å²) in [5, 5.41) is 10.7. The Morgan fingerprint density at radius 3 is 1.41 bits per heavy atom. The highest BCUT2D eigenvalue weighted by Gasteiger charge is 2.68. The predicted molar refractivity (Wildman–Crippen MR) is 218 cm³/mol. The van der Waals surface area contributed by atoms with Crippen molar-refractivity contribution in [1.29, 1.82) is 0 Å². The van der Waals surface area contributed by atoms with E-state index in [1.807, 2.05) is 103 Å². The van der Waals surface area contributed by atoms with E-state index >= 15 is 0 Å². The van der Waals surface area contributed by atoms with E-state index in [1.54, 1.807) is 40.1 Å². The fourth-order valence-corrected chi connectivity index (χ4v) is 9.14. The van der Waals surface area contributed by atoms with Gasteiger partial charge >= 0.3 is 5.97 Å². The van der Waals surface area contributed by atoms with Crippen LogP contribution >= 0.6 is 23.2 Å². The first kappa shape index (κ1) is 35.7. The fraction of sp³-hybridized carbons (Fsp3) is 0.149. The number of anilines is 4. The molecule has 0 radical (unpaired) electrons. The van der Waals surface area contributed by atoms with Crippen molar-refractivity contribution in [2.45, 2.75) is 42.4 Å². The number of rotatable bonds is 6. The SMILES string of the molecule is CC(=O)c1cccc(N2C(=O)[C@@]3(C[C@H]3c3ccc(Cl)cc3)c3ccccc32)c1.O=C(O)c1cccc(N2C(=O)[C@]3(C[C@@H]3c3ccc(Cl)cc3)c3ccccc32)c1. The number of para-hydroxylation sites is 2. The zero-order valence-corrected chi connectivity index (χ0v) is 31.7. The molecule has 4 aliphatic rings. The molecule has 2 amide bonds. The summed E-state index contributed by atoms with van der Waals surface area (Å²) in [4.78, 5) is 54.0. The van der Waals surface area contributed by atoms with E-state index in [2.05, 4.69) is 6.07 Å². The minimum atomic E-state index is -1.01. The zero-order valence-electron chi connectivity index (χ0n) is 30.2. The second kappa shape index (κ2) is 13.3. The molecule has 6 aromatic rings. The summed E-state index contributed by atoms with van der Waals surface area (Å²) in [7, 11) is 0. The van der Waals surface area contributed by atoms with Gasteiger partial charge < -0.3 is 5.11 Å². The van der Waals surface area contributed by atoms with Crippen molar-refractivity contribution in [2.75, 3.05) is 9.80 Å². The first-order valence-electron chi connectivity index (χ1n) is 18.4. The lowest BCUT2D eigenvalue weighted by molar-refractivity contribution is -0.120. The van der Waals surface area contributed by atoms with Crippen LogP contribution < -0.4 is 9.80 Å². The number of hydrogen-bond acceptors (Lipinski definition) is 4. The number of carbonyl (C=O) groups is 4. The van der Waals surface area contributed by atoms with Crippen LogP contribution in [0.4, 0.5) is 22.7 Å². The van der Waals surface area contributed by atoms with Crippen molar-refractivity contribution in [1.82, 2.24) is 0 Å². The van der Waals surface area contributed by atoms with E-state index in [0.29, 0.717) is 21.3 Å². The van der Waals surface area contributed by atoms with Crippen LogP contribution in [-0.4, -0.2) is 28.7 Å². The van der Waals surface area contributed by atoms with Crippen LogP contribution in [0.1, 0.15) is 74.6 Å². The van der Waals surface area contributed by atoms with Gasteiger partial charge in [0.1, 0.15) is 0 Å². The maximum atomic E-state index is 13.7. The van der Waals surface area contributed by atoms with E-state index in [0.717, 1.165) is 52.2 Å². The third-order valence-electron chi connectivity index (χ3n) is 11.7. The summed E-state index contributed by atoms with van der Waals surface area (Å²) in [6.45, 7) is 1.54. The molecule has 2 heterocycles. The molecule has 1 N–H and O–H groups in total. The molecule has 10 rings (SSSR count). The number of carboxylic acid groups (broad SMARTS) is 1. The average molecular weight is 778 g/mol. The van der Waals surface area contributed by atoms with Gasteiger partial charge in [0.25, 0.3) is 0 Å². The summed E-state index contributed by atoms with van der Waals surface area (Å²) in [5.74, 6) is -0.722. The van der Waals surface area contributed by atoms with Gasteiger partial charge in [-0.15, -0.1) is 0 Å². The average Bonchev–Trinajstić information content (AvgIpc) is 4.11. The van der Waals surface area contributed by atoms with Gasteiger partial charge in [-0.3, -0.25) is 24.2 Å². The first-order chi connectivity index (χ1) is 27.0. The summed E-state index contributed by atoms with van der Waals surface area (Å²) < 4.78 is 0. The van der Waals surface area contributed by atoms with Crippen molar-refractivity contribution in [3.8, 4) is 0 Å². The lowest BCUT2D eigenvalue weighted by atomic mass is 9.92. The minimum absolute atomic E-state index is 0.00353. The molecule has 0 aromatic heterocycles. The quantitative estimate of drug-likeness (QED) is 0.170. The summed E-state index contributed by atoms with van der Waals surface area (Å²) in [6, 6.07) is 45.0. The van der Waals surface area contributed by atoms with Crippen molar-refractivity contribution >= 4 is 69.5 Å². The standard InChI is InChI=1S/C24H18ClNO2.C23H16ClNO3/c1-15(27)17-5-4-6-19(13-17)26-22-8-3-2-7-20(22)24(23(26)28)14-21(24)16-9-11-18(25)12-10-16;24-16-10-8-14(9-11-16)19-13-23(19)18-6-1-2-7-20(18)25(22(23)28)17-5-3-4-15(12-17)21(26)27/h2-13,21H,14H2,1H3;1-12,19H,13H2,(H,26,27)/t21-,24-;19-,23-/m01/s1. The molecule has 2 aliphatic carbocycles. The molecule has 2 fully saturated rings. The molecule has 0 saturated heterocycles. The Morgan fingerprint density at radius 2 is 0.982 bits per heavy atom. The molecule has 9 heteroatoms. The summed E-state index contributed by atoms with van der Waals surface area (Å²) in [5.41, 5.74) is 6.98. The van der Waals surface area contributed by atoms with Gasteiger partial charge in [0.05, 0.1) is 27.8 Å². The number of nitrogens with zero attached hydrogens (tertiary/aromatic N) is 2. The number of halogens is 2. The monoisotopic (exact) mass is 776 g/mol. The molecule has 0 bridgehead atoms. The molecule has 0 unspecified atom stereocenters. The highest BCUT2D eigenvalue weighted by Crippen LogP contribution is 2.68. The number of Topliss-reactive ketones (excluding diaryl/α,β-unsaturated/α-hetero) is 1. The molecule has 2 spiro atoms. The van der Waals surface area contributed by atoms with Crippen LogP contribution in [0.3, 0.4) is 0 Å². The molecule has 6 aromatic carbocycles. The number of aromatic carboxylic acids is 1. The van der Waals surface area contributed by atoms with Gasteiger partial charge in [-0.1, -0.05) is 102 Å². The highest BCUT2D eigenvalue weighted by atomic mass is 35.5. The van der Waals surface area contributed by atoms with Crippen molar-refractivity contribution in [2.24, 2.45) is 0 Å². The Kier molecular flexibility index (Phi) is 8.49. The van der Waals surface area contributed by atoms with Gasteiger partial charge in [-0.25, -0.2) is 4.79 Å². The third kappa shape index (κ3) is 5.56. The van der Waals surface area contributed by atoms with Crippen molar-refractivity contribution in [3.63, 3.8) is 0 Å². The van der Waals surface area contributed by atoms with Gasteiger partial charge in [0, 0.05) is 38.8 Å². The summed E-state index contributed by atoms with van der Waals surface area (Å²) >= 11 is 12.1. The lowest BCUT2D eigenvalue weighted by Gasteiger charge is -2.19. The van der Waals surface area contributed by atoms with E-state index < -0.39 is 16.8 Å². The van der Waals surface area contributed by atoms with E-state index in [-0.39, 0.29) is 35.0 Å². The van der Waals surface area contributed by atoms with Crippen molar-refractivity contribution in [3.05, 3.63) is 189 Å². The Bertz CT molecular complexity index is 2430. The van der Waals surface area contributed by atoms with Crippen LogP contribution in [-0.2, 0) is 20.4 Å². The van der Waals surface area contributed by atoms with Gasteiger partial charge in [-0.2, -0.15) is 0 Å². The maximum Gasteiger partial charge on any atom is 0.335 e. The topological polar surface area (TPSA) is 95.0 Å². The zero-order chi connectivity index (χ0) is 38.9. The lowest BCUT2D eigenvalue weighted by Crippen LogP contribution is -2.29. The van der Waals surface area contributed by atoms with Gasteiger partial charge in [0.15, 0.2) is 5.78 Å². The van der Waals surface area contributed by atoms with E-state index in [1.165, 1.54) is 13.0 Å². The Balaban J connectivity index is 0.000000146. The largest absolute Gasteiger partial charge is 0.478 e. The molecular formula is C47H34Cl2N2O5. The van der Waals surface area contributed by atoms with E-state index in [4.69, 9.17) is 23.2 Å². The predicted octanol–water partition coefficient (Wildman–Crippen LogP) is 10.8. The first-order valence-corrected chi connectivity index (χ1v) is 19.1. The molecule has 4 atom stereocenters. The normalized spacial score (nSPS) is 22.4. The fourth-order valence-electron chi connectivity index (χ4n) is 8.88. The van der Waals surface area contributed by atoms with Crippen LogP contribution in [0.15, 0.2) is 146 Å².